The minimum absolute atomic E-state index is 0.0421. The van der Waals surface area contributed by atoms with Crippen LogP contribution in [0.2, 0.25) is 0 Å². The van der Waals surface area contributed by atoms with Gasteiger partial charge in [0, 0.05) is 43.6 Å². The van der Waals surface area contributed by atoms with Crippen LogP contribution in [0, 0.1) is 5.82 Å². The summed E-state index contributed by atoms with van der Waals surface area (Å²) in [6.07, 6.45) is 1.42. The molecule has 0 bridgehead atoms. The normalized spacial score (nSPS) is 19.0. The van der Waals surface area contributed by atoms with Gasteiger partial charge in [-0.25, -0.2) is 4.39 Å². The van der Waals surface area contributed by atoms with Crippen LogP contribution >= 0.6 is 0 Å². The van der Waals surface area contributed by atoms with Gasteiger partial charge in [-0.1, -0.05) is 19.1 Å². The van der Waals surface area contributed by atoms with Crippen LogP contribution in [-0.2, 0) is 9.53 Å². The van der Waals surface area contributed by atoms with Crippen LogP contribution in [0.25, 0.3) is 0 Å². The molecule has 2 aliphatic rings. The summed E-state index contributed by atoms with van der Waals surface area (Å²) in [5.74, 6) is -0.849. The molecule has 9 heteroatoms. The van der Waals surface area contributed by atoms with E-state index in [1.165, 1.54) is 23.1 Å². The molecule has 1 atom stereocenters. The van der Waals surface area contributed by atoms with Crippen LogP contribution in [0.5, 0.6) is 5.75 Å². The number of carbonyl (C=O) groups is 3. The van der Waals surface area contributed by atoms with E-state index in [-0.39, 0.29) is 24.0 Å². The molecule has 1 spiro atoms. The molecule has 2 aromatic carbocycles. The van der Waals surface area contributed by atoms with Gasteiger partial charge in [-0.05, 0) is 42.8 Å². The molecule has 0 radical (unpaired) electrons. The molecule has 8 nitrogen and oxygen atoms in total. The molecule has 35 heavy (non-hydrogen) atoms. The molecular weight excluding hydrogens is 453 g/mol. The van der Waals surface area contributed by atoms with Crippen molar-refractivity contribution in [3.8, 4) is 5.75 Å². The van der Waals surface area contributed by atoms with Crippen molar-refractivity contribution in [3.05, 3.63) is 65.5 Å². The lowest BCUT2D eigenvalue weighted by molar-refractivity contribution is -0.128. The lowest BCUT2D eigenvalue weighted by Crippen LogP contribution is -2.59. The number of piperidine rings is 1. The number of likely N-dealkylation sites (tertiary alicyclic amines) is 1. The summed E-state index contributed by atoms with van der Waals surface area (Å²) in [5, 5.41) is 2.84. The van der Waals surface area contributed by atoms with Crippen molar-refractivity contribution in [1.29, 1.82) is 0 Å². The quantitative estimate of drug-likeness (QED) is 0.683. The Morgan fingerprint density at radius 2 is 1.77 bits per heavy atom. The zero-order valence-electron chi connectivity index (χ0n) is 20.0. The number of hydrogen-bond acceptors (Lipinski definition) is 5. The van der Waals surface area contributed by atoms with Crippen LogP contribution in [0.15, 0.2) is 48.5 Å². The number of rotatable bonds is 6. The SMILES string of the molecule is CCCNC(=O)C1COC2(CCN(C(=O)c3cccc(OC)c3)CC2)N1C(=O)c1cccc(F)c1. The van der Waals surface area contributed by atoms with E-state index >= 15 is 0 Å². The van der Waals surface area contributed by atoms with Crippen molar-refractivity contribution >= 4 is 17.7 Å². The van der Waals surface area contributed by atoms with E-state index in [1.807, 2.05) is 6.92 Å². The molecular formula is C26H30FN3O5. The molecule has 2 saturated heterocycles. The van der Waals surface area contributed by atoms with Gasteiger partial charge in [-0.2, -0.15) is 0 Å². The van der Waals surface area contributed by atoms with Gasteiger partial charge in [0.05, 0.1) is 13.7 Å². The van der Waals surface area contributed by atoms with Crippen molar-refractivity contribution in [1.82, 2.24) is 15.1 Å². The first-order valence-corrected chi connectivity index (χ1v) is 11.8. The summed E-state index contributed by atoms with van der Waals surface area (Å²) in [7, 11) is 1.54. The molecule has 3 amide bonds. The molecule has 0 aliphatic carbocycles. The van der Waals surface area contributed by atoms with Gasteiger partial charge in [0.25, 0.3) is 11.8 Å². The highest BCUT2D eigenvalue weighted by molar-refractivity contribution is 5.98. The standard InChI is InChI=1S/C26H30FN3O5/c1-3-12-28-23(31)22-17-35-26(30(22)25(33)18-6-4-8-20(27)15-18)10-13-29(14-11-26)24(32)19-7-5-9-21(16-19)34-2/h4-9,15-16,22H,3,10-14,17H2,1-2H3,(H,28,31). The van der Waals surface area contributed by atoms with Crippen LogP contribution in [0.1, 0.15) is 46.9 Å². The van der Waals surface area contributed by atoms with Crippen LogP contribution in [-0.4, -0.2) is 72.6 Å². The lowest BCUT2D eigenvalue weighted by atomic mass is 9.96. The Hall–Kier alpha value is -3.46. The minimum atomic E-state index is -1.05. The molecule has 0 aromatic heterocycles. The summed E-state index contributed by atoms with van der Waals surface area (Å²) in [6.45, 7) is 3.14. The van der Waals surface area contributed by atoms with Crippen molar-refractivity contribution in [2.45, 2.75) is 38.0 Å². The second kappa shape index (κ2) is 10.4. The Bertz CT molecular complexity index is 1100. The third kappa shape index (κ3) is 5.00. The number of nitrogens with one attached hydrogen (secondary N) is 1. The first-order chi connectivity index (χ1) is 16.9. The zero-order valence-corrected chi connectivity index (χ0v) is 20.0. The number of ether oxygens (including phenoxy) is 2. The molecule has 2 heterocycles. The van der Waals surface area contributed by atoms with Gasteiger partial charge in [0.1, 0.15) is 23.3 Å². The fourth-order valence-electron chi connectivity index (χ4n) is 4.69. The first-order valence-electron chi connectivity index (χ1n) is 11.8. The second-order valence-electron chi connectivity index (χ2n) is 8.77. The average Bonchev–Trinajstić information content (AvgIpc) is 3.25. The van der Waals surface area contributed by atoms with E-state index in [1.54, 1.807) is 36.3 Å². The summed E-state index contributed by atoms with van der Waals surface area (Å²) < 4.78 is 25.3. The van der Waals surface area contributed by atoms with Gasteiger partial charge in [-0.3, -0.25) is 19.3 Å². The zero-order chi connectivity index (χ0) is 25.0. The summed E-state index contributed by atoms with van der Waals surface area (Å²) in [6, 6.07) is 11.5. The molecule has 2 fully saturated rings. The van der Waals surface area contributed by atoms with Crippen LogP contribution in [0.4, 0.5) is 4.39 Å². The maximum absolute atomic E-state index is 13.9. The monoisotopic (exact) mass is 483 g/mol. The maximum atomic E-state index is 13.9. The number of methoxy groups -OCH3 is 1. The van der Waals surface area contributed by atoms with Gasteiger partial charge < -0.3 is 19.7 Å². The average molecular weight is 484 g/mol. The Morgan fingerprint density at radius 1 is 1.09 bits per heavy atom. The number of nitrogens with zero attached hydrogens (tertiary/aromatic N) is 2. The van der Waals surface area contributed by atoms with E-state index in [0.29, 0.717) is 43.8 Å². The summed E-state index contributed by atoms with van der Waals surface area (Å²) >= 11 is 0. The smallest absolute Gasteiger partial charge is 0.256 e. The third-order valence-electron chi connectivity index (χ3n) is 6.55. The topological polar surface area (TPSA) is 88.2 Å². The van der Waals surface area contributed by atoms with E-state index < -0.39 is 23.5 Å². The fraction of sp³-hybridized carbons (Fsp3) is 0.423. The van der Waals surface area contributed by atoms with E-state index in [0.717, 1.165) is 12.5 Å². The number of benzene rings is 2. The van der Waals surface area contributed by atoms with Crippen molar-refractivity contribution in [2.75, 3.05) is 33.4 Å². The predicted molar refractivity (Wildman–Crippen MR) is 126 cm³/mol. The van der Waals surface area contributed by atoms with E-state index in [9.17, 15) is 18.8 Å². The van der Waals surface area contributed by atoms with Crippen molar-refractivity contribution in [2.24, 2.45) is 0 Å². The number of halogens is 1. The van der Waals surface area contributed by atoms with Crippen LogP contribution in [0.3, 0.4) is 0 Å². The number of amides is 3. The second-order valence-corrected chi connectivity index (χ2v) is 8.77. The molecule has 186 valence electrons. The third-order valence-corrected chi connectivity index (χ3v) is 6.55. The van der Waals surface area contributed by atoms with Gasteiger partial charge in [-0.15, -0.1) is 0 Å². The van der Waals surface area contributed by atoms with Crippen molar-refractivity contribution < 1.29 is 28.2 Å². The lowest BCUT2D eigenvalue weighted by Gasteiger charge is -2.44. The largest absolute Gasteiger partial charge is 0.497 e. The number of carbonyl (C=O) groups excluding carboxylic acids is 3. The highest BCUT2D eigenvalue weighted by Gasteiger charge is 2.54. The Balaban J connectivity index is 1.56. The Labute approximate surface area is 204 Å². The summed E-state index contributed by atoms with van der Waals surface area (Å²) in [4.78, 5) is 42.7. The van der Waals surface area contributed by atoms with Crippen LogP contribution < -0.4 is 10.1 Å². The van der Waals surface area contributed by atoms with Gasteiger partial charge in [0.2, 0.25) is 5.91 Å². The minimum Gasteiger partial charge on any atom is -0.497 e. The summed E-state index contributed by atoms with van der Waals surface area (Å²) in [5.41, 5.74) is -0.391. The molecule has 1 unspecified atom stereocenters. The first kappa shape index (κ1) is 24.7. The Kier molecular flexibility index (Phi) is 7.35. The highest BCUT2D eigenvalue weighted by atomic mass is 19.1. The molecule has 2 aliphatic heterocycles. The van der Waals surface area contributed by atoms with E-state index in [4.69, 9.17) is 9.47 Å². The van der Waals surface area contributed by atoms with E-state index in [2.05, 4.69) is 5.32 Å². The van der Waals surface area contributed by atoms with Gasteiger partial charge in [0.15, 0.2) is 0 Å². The maximum Gasteiger partial charge on any atom is 0.256 e. The van der Waals surface area contributed by atoms with Gasteiger partial charge >= 0.3 is 0 Å². The molecule has 1 N–H and O–H groups in total. The molecule has 4 rings (SSSR count). The predicted octanol–water partition coefficient (Wildman–Crippen LogP) is 2.83. The number of hydrogen-bond donors (Lipinski definition) is 1. The van der Waals surface area contributed by atoms with Crippen molar-refractivity contribution in [3.63, 3.8) is 0 Å². The highest BCUT2D eigenvalue weighted by Crippen LogP contribution is 2.39. The fourth-order valence-corrected chi connectivity index (χ4v) is 4.69. The Morgan fingerprint density at radius 3 is 2.43 bits per heavy atom. The molecule has 2 aromatic rings. The molecule has 0 saturated carbocycles.